The molecule has 2 aromatic carbocycles. The van der Waals surface area contributed by atoms with E-state index < -0.39 is 6.10 Å². The van der Waals surface area contributed by atoms with Gasteiger partial charge in [0.1, 0.15) is 11.6 Å². The van der Waals surface area contributed by atoms with Crippen LogP contribution in [0.25, 0.3) is 0 Å². The minimum absolute atomic E-state index is 0.173. The number of rotatable bonds is 6. The molecule has 0 radical (unpaired) electrons. The Hall–Kier alpha value is -2.36. The van der Waals surface area contributed by atoms with E-state index in [4.69, 9.17) is 4.74 Å². The van der Waals surface area contributed by atoms with Gasteiger partial charge in [-0.3, -0.25) is 4.79 Å². The van der Waals surface area contributed by atoms with Crippen molar-refractivity contribution in [2.45, 2.75) is 46.3 Å². The van der Waals surface area contributed by atoms with Crippen molar-refractivity contribution in [1.82, 2.24) is 5.32 Å². The highest BCUT2D eigenvalue weighted by Crippen LogP contribution is 2.19. The zero-order valence-corrected chi connectivity index (χ0v) is 14.6. The van der Waals surface area contributed by atoms with Crippen LogP contribution in [0.1, 0.15) is 43.0 Å². The van der Waals surface area contributed by atoms with E-state index in [1.165, 1.54) is 12.1 Å². The highest BCUT2D eigenvalue weighted by molar-refractivity contribution is 5.81. The summed E-state index contributed by atoms with van der Waals surface area (Å²) in [5.41, 5.74) is 3.05. The molecule has 1 N–H and O–H groups in total. The molecule has 24 heavy (non-hydrogen) atoms. The van der Waals surface area contributed by atoms with E-state index in [1.807, 2.05) is 39.8 Å². The van der Waals surface area contributed by atoms with E-state index in [0.717, 1.165) is 16.7 Å². The minimum atomic E-state index is -0.561. The van der Waals surface area contributed by atoms with E-state index in [-0.39, 0.29) is 17.8 Å². The molecule has 1 amide bonds. The average molecular weight is 329 g/mol. The third-order valence-corrected chi connectivity index (χ3v) is 3.87. The number of hydrogen-bond acceptors (Lipinski definition) is 2. The van der Waals surface area contributed by atoms with Gasteiger partial charge in [0.2, 0.25) is 0 Å². The lowest BCUT2D eigenvalue weighted by Gasteiger charge is -2.21. The van der Waals surface area contributed by atoms with Crippen LogP contribution in [0.5, 0.6) is 5.75 Å². The molecule has 0 unspecified atom stereocenters. The van der Waals surface area contributed by atoms with Crippen molar-refractivity contribution in [1.29, 1.82) is 0 Å². The maximum atomic E-state index is 13.0. The predicted molar refractivity (Wildman–Crippen MR) is 93.6 cm³/mol. The molecule has 2 atom stereocenters. The molecule has 0 saturated heterocycles. The Bertz CT molecular complexity index is 677. The molecule has 0 heterocycles. The molecule has 0 fully saturated rings. The molecular formula is C20H24FNO2. The fourth-order valence-electron chi connectivity index (χ4n) is 2.63. The summed E-state index contributed by atoms with van der Waals surface area (Å²) in [6.07, 6.45) is 0.00343. The van der Waals surface area contributed by atoms with Gasteiger partial charge in [0.25, 0.3) is 5.91 Å². The van der Waals surface area contributed by atoms with Gasteiger partial charge in [-0.2, -0.15) is 0 Å². The standard InChI is InChI=1S/C20H24FNO2/c1-5-19(24-18-11-13(2)10-14(3)12-18)20(23)22-15(4)16-6-8-17(21)9-7-16/h6-12,15,19H,5H2,1-4H3,(H,22,23)/t15-,19-/m1/s1. The van der Waals surface area contributed by atoms with E-state index in [0.29, 0.717) is 12.2 Å². The van der Waals surface area contributed by atoms with Crippen LogP contribution in [-0.4, -0.2) is 12.0 Å². The quantitative estimate of drug-likeness (QED) is 0.849. The first-order valence-corrected chi connectivity index (χ1v) is 8.20. The van der Waals surface area contributed by atoms with Crippen LogP contribution >= 0.6 is 0 Å². The predicted octanol–water partition coefficient (Wildman–Crippen LogP) is 4.48. The summed E-state index contributed by atoms with van der Waals surface area (Å²) in [6, 6.07) is 11.8. The zero-order chi connectivity index (χ0) is 17.7. The summed E-state index contributed by atoms with van der Waals surface area (Å²) < 4.78 is 18.9. The first-order valence-electron chi connectivity index (χ1n) is 8.20. The third-order valence-electron chi connectivity index (χ3n) is 3.87. The van der Waals surface area contributed by atoms with Crippen molar-refractivity contribution >= 4 is 5.91 Å². The molecule has 0 bridgehead atoms. The highest BCUT2D eigenvalue weighted by atomic mass is 19.1. The summed E-state index contributed by atoms with van der Waals surface area (Å²) in [5.74, 6) is 0.235. The minimum Gasteiger partial charge on any atom is -0.481 e. The monoisotopic (exact) mass is 329 g/mol. The number of ether oxygens (including phenoxy) is 1. The number of halogens is 1. The number of amides is 1. The van der Waals surface area contributed by atoms with Gasteiger partial charge in [0.05, 0.1) is 6.04 Å². The summed E-state index contributed by atoms with van der Waals surface area (Å²) in [4.78, 5) is 12.5. The zero-order valence-electron chi connectivity index (χ0n) is 14.6. The van der Waals surface area contributed by atoms with Crippen LogP contribution in [0.3, 0.4) is 0 Å². The van der Waals surface area contributed by atoms with Crippen molar-refractivity contribution in [2.75, 3.05) is 0 Å². The van der Waals surface area contributed by atoms with Gasteiger partial charge < -0.3 is 10.1 Å². The Morgan fingerprint density at radius 2 is 1.71 bits per heavy atom. The number of hydrogen-bond donors (Lipinski definition) is 1. The summed E-state index contributed by atoms with van der Waals surface area (Å²) >= 11 is 0. The number of nitrogens with one attached hydrogen (secondary N) is 1. The van der Waals surface area contributed by atoms with Crippen LogP contribution in [-0.2, 0) is 4.79 Å². The lowest BCUT2D eigenvalue weighted by molar-refractivity contribution is -0.128. The van der Waals surface area contributed by atoms with E-state index in [1.54, 1.807) is 12.1 Å². The van der Waals surface area contributed by atoms with Crippen molar-refractivity contribution < 1.29 is 13.9 Å². The Morgan fingerprint density at radius 1 is 1.12 bits per heavy atom. The molecular weight excluding hydrogens is 305 g/mol. The lowest BCUT2D eigenvalue weighted by atomic mass is 10.1. The van der Waals surface area contributed by atoms with Gasteiger partial charge in [-0.05, 0) is 68.1 Å². The smallest absolute Gasteiger partial charge is 0.261 e. The second-order valence-electron chi connectivity index (χ2n) is 6.12. The van der Waals surface area contributed by atoms with Crippen LogP contribution in [0.4, 0.5) is 4.39 Å². The van der Waals surface area contributed by atoms with Crippen LogP contribution < -0.4 is 10.1 Å². The normalized spacial score (nSPS) is 13.2. The molecule has 0 aliphatic carbocycles. The van der Waals surface area contributed by atoms with Crippen LogP contribution in [0.2, 0.25) is 0 Å². The van der Waals surface area contributed by atoms with Gasteiger partial charge >= 0.3 is 0 Å². The molecule has 0 saturated carbocycles. The molecule has 2 rings (SSSR count). The average Bonchev–Trinajstić information content (AvgIpc) is 2.52. The first-order chi connectivity index (χ1) is 11.4. The van der Waals surface area contributed by atoms with E-state index in [9.17, 15) is 9.18 Å². The lowest BCUT2D eigenvalue weighted by Crippen LogP contribution is -2.39. The van der Waals surface area contributed by atoms with Crippen molar-refractivity contribution in [3.63, 3.8) is 0 Å². The van der Waals surface area contributed by atoms with Crippen molar-refractivity contribution in [2.24, 2.45) is 0 Å². The molecule has 128 valence electrons. The molecule has 4 heteroatoms. The second kappa shape index (κ2) is 7.95. The summed E-state index contributed by atoms with van der Waals surface area (Å²) in [5, 5.41) is 2.93. The Morgan fingerprint density at radius 3 is 2.25 bits per heavy atom. The number of carbonyl (C=O) groups excluding carboxylic acids is 1. The van der Waals surface area contributed by atoms with Gasteiger partial charge in [0.15, 0.2) is 6.10 Å². The van der Waals surface area contributed by atoms with Crippen LogP contribution in [0, 0.1) is 19.7 Å². The number of aryl methyl sites for hydroxylation is 2. The Labute approximate surface area is 142 Å². The fraction of sp³-hybridized carbons (Fsp3) is 0.350. The maximum absolute atomic E-state index is 13.0. The molecule has 0 aromatic heterocycles. The van der Waals surface area contributed by atoms with E-state index in [2.05, 4.69) is 11.4 Å². The molecule has 0 spiro atoms. The maximum Gasteiger partial charge on any atom is 0.261 e. The Balaban J connectivity index is 2.04. The second-order valence-corrected chi connectivity index (χ2v) is 6.12. The molecule has 2 aromatic rings. The molecule has 0 aliphatic heterocycles. The van der Waals surface area contributed by atoms with Gasteiger partial charge in [0, 0.05) is 0 Å². The van der Waals surface area contributed by atoms with Crippen LogP contribution in [0.15, 0.2) is 42.5 Å². The first kappa shape index (κ1) is 18.0. The van der Waals surface area contributed by atoms with Crippen molar-refractivity contribution in [3.05, 3.63) is 65.0 Å². The fourth-order valence-corrected chi connectivity index (χ4v) is 2.63. The Kier molecular flexibility index (Phi) is 5.96. The molecule has 0 aliphatic rings. The topological polar surface area (TPSA) is 38.3 Å². The SMILES string of the molecule is CC[C@@H](Oc1cc(C)cc(C)c1)C(=O)N[C@H](C)c1ccc(F)cc1. The van der Waals surface area contributed by atoms with Gasteiger partial charge in [-0.1, -0.05) is 25.1 Å². The van der Waals surface area contributed by atoms with E-state index >= 15 is 0 Å². The van der Waals surface area contributed by atoms with Gasteiger partial charge in [-0.15, -0.1) is 0 Å². The third kappa shape index (κ3) is 4.82. The summed E-state index contributed by atoms with van der Waals surface area (Å²) in [7, 11) is 0. The number of benzene rings is 2. The molecule has 3 nitrogen and oxygen atoms in total. The highest BCUT2D eigenvalue weighted by Gasteiger charge is 2.21. The van der Waals surface area contributed by atoms with Crippen molar-refractivity contribution in [3.8, 4) is 5.75 Å². The van der Waals surface area contributed by atoms with Gasteiger partial charge in [-0.25, -0.2) is 4.39 Å². The number of carbonyl (C=O) groups is 1. The summed E-state index contributed by atoms with van der Waals surface area (Å²) in [6.45, 7) is 7.78. The largest absolute Gasteiger partial charge is 0.481 e.